The number of cyclic esters (lactones) is 1. The number of benzene rings is 2. The molecule has 0 fully saturated rings. The summed E-state index contributed by atoms with van der Waals surface area (Å²) in [5, 5.41) is 0.880. The number of aliphatic imine (C=N–C) groups is 1. The van der Waals surface area contributed by atoms with Crippen molar-refractivity contribution < 1.29 is 14.3 Å². The highest BCUT2D eigenvalue weighted by atomic mass is 35.5. The second-order valence-electron chi connectivity index (χ2n) is 5.12. The van der Waals surface area contributed by atoms with Crippen LogP contribution in [-0.4, -0.2) is 19.0 Å². The molecule has 25 heavy (non-hydrogen) atoms. The molecule has 0 saturated carbocycles. The van der Waals surface area contributed by atoms with E-state index in [4.69, 9.17) is 32.7 Å². The molecule has 6 heteroatoms. The van der Waals surface area contributed by atoms with Gasteiger partial charge in [-0.05, 0) is 41.5 Å². The first-order valence-corrected chi connectivity index (χ1v) is 8.11. The van der Waals surface area contributed by atoms with Crippen molar-refractivity contribution in [3.63, 3.8) is 0 Å². The van der Waals surface area contributed by atoms with Gasteiger partial charge in [-0.25, -0.2) is 9.79 Å². The summed E-state index contributed by atoms with van der Waals surface area (Å²) < 4.78 is 10.3. The fraction of sp³-hybridized carbons (Fsp3) is 0.0526. The van der Waals surface area contributed by atoms with Gasteiger partial charge in [0.1, 0.15) is 5.75 Å². The second-order valence-corrected chi connectivity index (χ2v) is 5.91. The molecule has 0 aliphatic carbocycles. The third-order valence-corrected chi connectivity index (χ3v) is 4.25. The van der Waals surface area contributed by atoms with E-state index in [1.54, 1.807) is 49.6 Å². The van der Waals surface area contributed by atoms with E-state index in [1.807, 2.05) is 18.2 Å². The van der Waals surface area contributed by atoms with E-state index < -0.39 is 5.97 Å². The molecule has 1 aliphatic heterocycles. The predicted molar refractivity (Wildman–Crippen MR) is 100.0 cm³/mol. The number of carbonyl (C=O) groups is 1. The normalized spacial score (nSPS) is 15.6. The van der Waals surface area contributed by atoms with Crippen LogP contribution in [0.2, 0.25) is 10.0 Å². The average Bonchev–Trinajstić information content (AvgIpc) is 2.96. The molecular formula is C19H13Cl2NO3. The van der Waals surface area contributed by atoms with Crippen molar-refractivity contribution >= 4 is 47.2 Å². The van der Waals surface area contributed by atoms with E-state index in [-0.39, 0.29) is 11.6 Å². The molecule has 0 radical (unpaired) electrons. The van der Waals surface area contributed by atoms with Gasteiger partial charge in [0.25, 0.3) is 0 Å². The van der Waals surface area contributed by atoms with E-state index in [9.17, 15) is 4.79 Å². The Hall–Kier alpha value is -2.56. The quantitative estimate of drug-likeness (QED) is 0.558. The zero-order valence-corrected chi connectivity index (χ0v) is 14.7. The van der Waals surface area contributed by atoms with E-state index in [2.05, 4.69) is 4.99 Å². The Morgan fingerprint density at radius 1 is 1.12 bits per heavy atom. The van der Waals surface area contributed by atoms with Gasteiger partial charge in [-0.1, -0.05) is 47.5 Å². The number of ether oxygens (including phenoxy) is 2. The van der Waals surface area contributed by atoms with E-state index in [0.717, 1.165) is 5.56 Å². The van der Waals surface area contributed by atoms with Gasteiger partial charge in [0, 0.05) is 6.08 Å². The van der Waals surface area contributed by atoms with Crippen LogP contribution in [0.5, 0.6) is 5.75 Å². The van der Waals surface area contributed by atoms with Crippen LogP contribution in [0.3, 0.4) is 0 Å². The topological polar surface area (TPSA) is 47.9 Å². The largest absolute Gasteiger partial charge is 0.497 e. The van der Waals surface area contributed by atoms with E-state index >= 15 is 0 Å². The number of halogens is 2. The molecule has 2 aromatic carbocycles. The maximum absolute atomic E-state index is 12.0. The Balaban J connectivity index is 1.83. The Morgan fingerprint density at radius 3 is 2.72 bits per heavy atom. The maximum atomic E-state index is 12.0. The minimum atomic E-state index is -0.514. The van der Waals surface area contributed by atoms with Crippen molar-refractivity contribution in [3.8, 4) is 5.75 Å². The van der Waals surface area contributed by atoms with Gasteiger partial charge in [-0.2, -0.15) is 0 Å². The summed E-state index contributed by atoms with van der Waals surface area (Å²) in [5.41, 5.74) is 1.71. The van der Waals surface area contributed by atoms with Crippen LogP contribution in [0.15, 0.2) is 59.2 Å². The maximum Gasteiger partial charge on any atom is 0.363 e. The van der Waals surface area contributed by atoms with Gasteiger partial charge in [-0.3, -0.25) is 0 Å². The van der Waals surface area contributed by atoms with Crippen LogP contribution >= 0.6 is 23.2 Å². The van der Waals surface area contributed by atoms with Crippen LogP contribution in [-0.2, 0) is 9.53 Å². The minimum absolute atomic E-state index is 0.190. The fourth-order valence-electron chi connectivity index (χ4n) is 2.20. The molecule has 0 spiro atoms. The summed E-state index contributed by atoms with van der Waals surface area (Å²) in [6.45, 7) is 0. The molecule has 0 N–H and O–H groups in total. The van der Waals surface area contributed by atoms with Crippen molar-refractivity contribution in [1.82, 2.24) is 0 Å². The zero-order chi connectivity index (χ0) is 17.8. The van der Waals surface area contributed by atoms with Gasteiger partial charge in [0.05, 0.1) is 17.2 Å². The summed E-state index contributed by atoms with van der Waals surface area (Å²) >= 11 is 12.1. The number of rotatable bonds is 4. The first kappa shape index (κ1) is 17.3. The molecule has 0 amide bonds. The lowest BCUT2D eigenvalue weighted by Gasteiger charge is -2.00. The Bertz CT molecular complexity index is 917. The molecule has 1 heterocycles. The van der Waals surface area contributed by atoms with Crippen molar-refractivity contribution in [2.24, 2.45) is 4.99 Å². The van der Waals surface area contributed by atoms with Crippen LogP contribution in [0.4, 0.5) is 0 Å². The molecule has 2 aromatic rings. The summed E-state index contributed by atoms with van der Waals surface area (Å²) in [6.07, 6.45) is 4.90. The molecule has 0 atom stereocenters. The van der Waals surface area contributed by atoms with Gasteiger partial charge in [0.2, 0.25) is 5.90 Å². The van der Waals surface area contributed by atoms with Crippen LogP contribution in [0.25, 0.3) is 12.2 Å². The molecule has 0 bridgehead atoms. The molecule has 0 unspecified atom stereocenters. The second kappa shape index (κ2) is 7.55. The van der Waals surface area contributed by atoms with Crippen molar-refractivity contribution in [2.45, 2.75) is 0 Å². The monoisotopic (exact) mass is 373 g/mol. The first-order valence-electron chi connectivity index (χ1n) is 7.35. The van der Waals surface area contributed by atoms with Gasteiger partial charge >= 0.3 is 5.97 Å². The molecule has 126 valence electrons. The van der Waals surface area contributed by atoms with Crippen LogP contribution in [0, 0.1) is 0 Å². The van der Waals surface area contributed by atoms with Crippen molar-refractivity contribution in [2.75, 3.05) is 7.11 Å². The van der Waals surface area contributed by atoms with E-state index in [0.29, 0.717) is 21.4 Å². The lowest BCUT2D eigenvalue weighted by Crippen LogP contribution is -2.01. The summed E-state index contributed by atoms with van der Waals surface area (Å²) in [4.78, 5) is 16.1. The Labute approximate surface area is 155 Å². The molecule has 0 aromatic heterocycles. The first-order chi connectivity index (χ1) is 12.1. The van der Waals surface area contributed by atoms with Crippen LogP contribution < -0.4 is 4.74 Å². The fourth-order valence-corrected chi connectivity index (χ4v) is 2.57. The Morgan fingerprint density at radius 2 is 1.92 bits per heavy atom. The smallest absolute Gasteiger partial charge is 0.363 e. The number of hydrogen-bond acceptors (Lipinski definition) is 4. The summed E-state index contributed by atoms with van der Waals surface area (Å²) in [6, 6.07) is 12.6. The van der Waals surface area contributed by atoms with E-state index in [1.165, 1.54) is 0 Å². The standard InChI is InChI=1S/C19H13Cl2NO3/c1-24-14-6-2-4-12(10-14)11-16-19(23)25-17(22-16)9-8-13-5-3-7-15(20)18(13)21/h2-11H,1H3. The highest BCUT2D eigenvalue weighted by molar-refractivity contribution is 6.42. The summed E-state index contributed by atoms with van der Waals surface area (Å²) in [5.74, 6) is 0.371. The molecular weight excluding hydrogens is 361 g/mol. The Kier molecular flexibility index (Phi) is 5.22. The highest BCUT2D eigenvalue weighted by Crippen LogP contribution is 2.27. The van der Waals surface area contributed by atoms with Crippen molar-refractivity contribution in [3.05, 3.63) is 75.4 Å². The molecule has 1 aliphatic rings. The van der Waals surface area contributed by atoms with Gasteiger partial charge in [-0.15, -0.1) is 0 Å². The zero-order valence-electron chi connectivity index (χ0n) is 13.2. The lowest BCUT2D eigenvalue weighted by atomic mass is 10.2. The number of methoxy groups -OCH3 is 1. The van der Waals surface area contributed by atoms with Gasteiger partial charge in [0.15, 0.2) is 5.70 Å². The lowest BCUT2D eigenvalue weighted by molar-refractivity contribution is -0.129. The number of nitrogens with zero attached hydrogens (tertiary/aromatic N) is 1. The predicted octanol–water partition coefficient (Wildman–Crippen LogP) is 5.01. The average molecular weight is 374 g/mol. The third kappa shape index (κ3) is 4.10. The van der Waals surface area contributed by atoms with Crippen LogP contribution in [0.1, 0.15) is 11.1 Å². The number of hydrogen-bond donors (Lipinski definition) is 0. The SMILES string of the molecule is COc1cccc(C=C2N=C(C=Cc3cccc(Cl)c3Cl)OC2=O)c1. The molecule has 4 nitrogen and oxygen atoms in total. The molecule has 0 saturated heterocycles. The number of esters is 1. The van der Waals surface area contributed by atoms with Gasteiger partial charge < -0.3 is 9.47 Å². The molecule has 3 rings (SSSR count). The third-order valence-electron chi connectivity index (χ3n) is 3.42. The highest BCUT2D eigenvalue weighted by Gasteiger charge is 2.21. The minimum Gasteiger partial charge on any atom is -0.497 e. The number of carbonyl (C=O) groups excluding carboxylic acids is 1. The summed E-state index contributed by atoms with van der Waals surface area (Å²) in [7, 11) is 1.58. The van der Waals surface area contributed by atoms with Crippen molar-refractivity contribution in [1.29, 1.82) is 0 Å².